The molecule has 0 N–H and O–H groups in total. The Morgan fingerprint density at radius 2 is 1.28 bits per heavy atom. The number of hydrogen-bond donors (Lipinski definition) is 0. The topological polar surface area (TPSA) is 124 Å². The van der Waals surface area contributed by atoms with Crippen LogP contribution in [0, 0.1) is 0 Å². The molecule has 0 spiro atoms. The Kier molecular flexibility index (Phi) is 7.78. The maximum Gasteiger partial charge on any atom is 0.305 e. The first-order valence-corrected chi connectivity index (χ1v) is 7.49. The van der Waals surface area contributed by atoms with Crippen LogP contribution in [0.15, 0.2) is 0 Å². The van der Waals surface area contributed by atoms with Crippen LogP contribution in [0.1, 0.15) is 27.7 Å². The zero-order chi connectivity index (χ0) is 19.1. The van der Waals surface area contributed by atoms with E-state index in [1.54, 1.807) is 0 Å². The molecule has 0 aromatic heterocycles. The van der Waals surface area contributed by atoms with E-state index in [1.807, 2.05) is 0 Å². The van der Waals surface area contributed by atoms with E-state index in [0.717, 1.165) is 20.8 Å². The summed E-state index contributed by atoms with van der Waals surface area (Å²) in [6.07, 6.45) is -5.60. The average Bonchev–Trinajstić information content (AvgIpc) is 2.46. The Labute approximate surface area is 144 Å². The number of ether oxygens (including phenoxy) is 6. The van der Waals surface area contributed by atoms with Gasteiger partial charge >= 0.3 is 23.9 Å². The van der Waals surface area contributed by atoms with E-state index in [1.165, 1.54) is 14.0 Å². The number of carbonyl (C=O) groups is 4. The zero-order valence-corrected chi connectivity index (χ0v) is 14.7. The molecule has 0 aromatic rings. The van der Waals surface area contributed by atoms with Crippen molar-refractivity contribution in [1.82, 2.24) is 0 Å². The predicted octanol–water partition coefficient (Wildman–Crippen LogP) is -0.284. The van der Waals surface area contributed by atoms with Crippen LogP contribution in [0.5, 0.6) is 0 Å². The minimum Gasteiger partial charge on any atom is -0.463 e. The monoisotopic (exact) mass is 362 g/mol. The van der Waals surface area contributed by atoms with Gasteiger partial charge in [-0.3, -0.25) is 19.2 Å². The number of carbonyl (C=O) groups excluding carboxylic acids is 4. The van der Waals surface area contributed by atoms with Crippen molar-refractivity contribution in [2.24, 2.45) is 0 Å². The minimum atomic E-state index is -1.25. The van der Waals surface area contributed by atoms with E-state index >= 15 is 0 Å². The third kappa shape index (κ3) is 6.31. The van der Waals surface area contributed by atoms with Gasteiger partial charge in [0.05, 0.1) is 0 Å². The lowest BCUT2D eigenvalue weighted by Crippen LogP contribution is -2.62. The molecule has 10 nitrogen and oxygen atoms in total. The van der Waals surface area contributed by atoms with E-state index in [4.69, 9.17) is 28.4 Å². The molecule has 0 saturated carbocycles. The van der Waals surface area contributed by atoms with Crippen LogP contribution in [-0.4, -0.2) is 68.3 Å². The van der Waals surface area contributed by atoms with Gasteiger partial charge in [0.2, 0.25) is 6.29 Å². The van der Waals surface area contributed by atoms with Crippen molar-refractivity contribution < 1.29 is 47.6 Å². The van der Waals surface area contributed by atoms with Crippen LogP contribution in [0.3, 0.4) is 0 Å². The molecule has 1 rings (SSSR count). The summed E-state index contributed by atoms with van der Waals surface area (Å²) in [5.74, 6) is -2.59. The normalized spacial score (nSPS) is 28.6. The maximum absolute atomic E-state index is 11.5. The Balaban J connectivity index is 3.16. The predicted molar refractivity (Wildman–Crippen MR) is 79.0 cm³/mol. The SMILES string of the molecule is COC1C(OC(C)=O)[C@H](OC(C)=O)C(COC(C)=O)O[C@@H]1OC(C)=O. The molecule has 0 aliphatic carbocycles. The largest absolute Gasteiger partial charge is 0.463 e. The van der Waals surface area contributed by atoms with E-state index in [9.17, 15) is 19.2 Å². The molecular formula is C15H22O10. The molecule has 0 radical (unpaired) electrons. The van der Waals surface area contributed by atoms with Crippen molar-refractivity contribution in [3.05, 3.63) is 0 Å². The molecule has 10 heteroatoms. The molecular weight excluding hydrogens is 340 g/mol. The molecule has 0 aromatic carbocycles. The summed E-state index contributed by atoms with van der Waals surface area (Å²) in [7, 11) is 1.29. The third-order valence-corrected chi connectivity index (χ3v) is 3.20. The third-order valence-electron chi connectivity index (χ3n) is 3.20. The molecule has 1 fully saturated rings. The summed E-state index contributed by atoms with van der Waals surface area (Å²) in [4.78, 5) is 45.3. The highest BCUT2D eigenvalue weighted by Crippen LogP contribution is 2.29. The summed E-state index contributed by atoms with van der Waals surface area (Å²) < 4.78 is 31.1. The Morgan fingerprint density at radius 1 is 0.760 bits per heavy atom. The Bertz CT molecular complexity index is 516. The van der Waals surface area contributed by atoms with Gasteiger partial charge < -0.3 is 28.4 Å². The van der Waals surface area contributed by atoms with Crippen molar-refractivity contribution in [3.63, 3.8) is 0 Å². The number of esters is 4. The lowest BCUT2D eigenvalue weighted by molar-refractivity contribution is -0.301. The number of hydrogen-bond acceptors (Lipinski definition) is 10. The molecule has 5 atom stereocenters. The van der Waals surface area contributed by atoms with Crippen molar-refractivity contribution in [3.8, 4) is 0 Å². The van der Waals surface area contributed by atoms with Crippen molar-refractivity contribution in [2.75, 3.05) is 13.7 Å². The molecule has 0 amide bonds. The zero-order valence-electron chi connectivity index (χ0n) is 14.7. The second kappa shape index (κ2) is 9.33. The van der Waals surface area contributed by atoms with E-state index in [0.29, 0.717) is 0 Å². The first-order chi connectivity index (χ1) is 11.6. The van der Waals surface area contributed by atoms with Crippen molar-refractivity contribution >= 4 is 23.9 Å². The minimum absolute atomic E-state index is 0.306. The van der Waals surface area contributed by atoms with Crippen LogP contribution in [0.25, 0.3) is 0 Å². The van der Waals surface area contributed by atoms with E-state index < -0.39 is 54.6 Å². The highest BCUT2D eigenvalue weighted by molar-refractivity contribution is 5.68. The smallest absolute Gasteiger partial charge is 0.305 e. The van der Waals surface area contributed by atoms with Gasteiger partial charge in [-0.25, -0.2) is 0 Å². The Hall–Kier alpha value is -2.20. The van der Waals surface area contributed by atoms with Crippen molar-refractivity contribution in [2.45, 2.75) is 58.4 Å². The second-order valence-corrected chi connectivity index (χ2v) is 5.30. The lowest BCUT2D eigenvalue weighted by Gasteiger charge is -2.43. The first-order valence-electron chi connectivity index (χ1n) is 7.49. The second-order valence-electron chi connectivity index (χ2n) is 5.30. The Morgan fingerprint density at radius 3 is 1.72 bits per heavy atom. The molecule has 0 bridgehead atoms. The molecule has 142 valence electrons. The molecule has 1 heterocycles. The first kappa shape index (κ1) is 20.8. The quantitative estimate of drug-likeness (QED) is 0.460. The number of methoxy groups -OCH3 is 1. The van der Waals surface area contributed by atoms with Gasteiger partial charge in [0.25, 0.3) is 0 Å². The summed E-state index contributed by atoms with van der Waals surface area (Å²) in [5.41, 5.74) is 0. The van der Waals surface area contributed by atoms with Crippen LogP contribution in [0.4, 0.5) is 0 Å². The lowest BCUT2D eigenvalue weighted by atomic mass is 9.98. The molecule has 1 aliphatic rings. The highest BCUT2D eigenvalue weighted by Gasteiger charge is 2.52. The standard InChI is InChI=1S/C15H22O10/c1-7(16)21-6-11-12(22-8(2)17)13(23-9(3)18)14(20-5)15(25-11)24-10(4)19/h11-15H,6H2,1-5H3/t11?,12-,13?,14?,15+/m1/s1. The van der Waals surface area contributed by atoms with Crippen LogP contribution >= 0.6 is 0 Å². The summed E-state index contributed by atoms with van der Waals surface area (Å²) in [6, 6.07) is 0. The van der Waals surface area contributed by atoms with Crippen molar-refractivity contribution in [1.29, 1.82) is 0 Å². The summed E-state index contributed by atoms with van der Waals surface area (Å²) >= 11 is 0. The van der Waals surface area contributed by atoms with Gasteiger partial charge in [-0.1, -0.05) is 0 Å². The van der Waals surface area contributed by atoms with Gasteiger partial charge in [-0.15, -0.1) is 0 Å². The molecule has 1 saturated heterocycles. The molecule has 3 unspecified atom stereocenters. The maximum atomic E-state index is 11.5. The van der Waals surface area contributed by atoms with E-state index in [-0.39, 0.29) is 6.61 Å². The fourth-order valence-electron chi connectivity index (χ4n) is 2.38. The number of rotatable bonds is 6. The van der Waals surface area contributed by atoms with Gasteiger partial charge in [0, 0.05) is 34.8 Å². The van der Waals surface area contributed by atoms with Gasteiger partial charge in [-0.05, 0) is 0 Å². The van der Waals surface area contributed by atoms with Crippen LogP contribution in [0.2, 0.25) is 0 Å². The fraction of sp³-hybridized carbons (Fsp3) is 0.733. The average molecular weight is 362 g/mol. The van der Waals surface area contributed by atoms with E-state index in [2.05, 4.69) is 0 Å². The van der Waals surface area contributed by atoms with Gasteiger partial charge in [0.15, 0.2) is 18.3 Å². The van der Waals surface area contributed by atoms with Crippen LogP contribution in [-0.2, 0) is 47.6 Å². The summed E-state index contributed by atoms with van der Waals surface area (Å²) in [5, 5.41) is 0. The van der Waals surface area contributed by atoms with Gasteiger partial charge in [-0.2, -0.15) is 0 Å². The molecule has 1 aliphatic heterocycles. The van der Waals surface area contributed by atoms with Gasteiger partial charge in [0.1, 0.15) is 12.7 Å². The molecule has 25 heavy (non-hydrogen) atoms. The highest BCUT2D eigenvalue weighted by atomic mass is 16.7. The summed E-state index contributed by atoms with van der Waals surface area (Å²) in [6.45, 7) is 4.37. The van der Waals surface area contributed by atoms with Crippen LogP contribution < -0.4 is 0 Å². The fourth-order valence-corrected chi connectivity index (χ4v) is 2.38.